The fraction of sp³-hybridized carbons (Fsp3) is 0.348. The predicted molar refractivity (Wildman–Crippen MR) is 117 cm³/mol. The first-order valence-electron chi connectivity index (χ1n) is 9.93. The van der Waals surface area contributed by atoms with Gasteiger partial charge in [-0.1, -0.05) is 43.7 Å². The molecule has 0 amide bonds. The van der Waals surface area contributed by atoms with E-state index in [2.05, 4.69) is 66.1 Å². The van der Waals surface area contributed by atoms with Gasteiger partial charge in [-0.3, -0.25) is 4.98 Å². The highest BCUT2D eigenvalue weighted by atomic mass is 15.3. The van der Waals surface area contributed by atoms with Gasteiger partial charge < -0.3 is 9.80 Å². The first-order valence-corrected chi connectivity index (χ1v) is 9.93. The summed E-state index contributed by atoms with van der Waals surface area (Å²) in [6.07, 6.45) is 6.91. The molecule has 0 saturated heterocycles. The maximum absolute atomic E-state index is 4.85. The number of unbranched alkanes of at least 4 members (excludes halogenated alkanes) is 1. The molecule has 2 heterocycles. The summed E-state index contributed by atoms with van der Waals surface area (Å²) in [5, 5.41) is 0. The van der Waals surface area contributed by atoms with E-state index in [-0.39, 0.29) is 0 Å². The fourth-order valence-electron chi connectivity index (χ4n) is 3.00. The number of anilines is 2. The van der Waals surface area contributed by atoms with E-state index in [1.54, 1.807) is 0 Å². The van der Waals surface area contributed by atoms with Crippen LogP contribution >= 0.6 is 0 Å². The smallest absolute Gasteiger partial charge is 0.227 e. The second-order valence-corrected chi connectivity index (χ2v) is 7.08. The van der Waals surface area contributed by atoms with Crippen molar-refractivity contribution in [2.24, 2.45) is 0 Å². The zero-order valence-corrected chi connectivity index (χ0v) is 17.0. The third-order valence-corrected chi connectivity index (χ3v) is 4.84. The molecule has 28 heavy (non-hydrogen) atoms. The van der Waals surface area contributed by atoms with Gasteiger partial charge in [0.1, 0.15) is 5.82 Å². The van der Waals surface area contributed by atoms with Crippen LogP contribution in [0.3, 0.4) is 0 Å². The van der Waals surface area contributed by atoms with Crippen LogP contribution in [-0.4, -0.2) is 42.1 Å². The van der Waals surface area contributed by atoms with Crippen molar-refractivity contribution in [3.63, 3.8) is 0 Å². The highest BCUT2D eigenvalue weighted by molar-refractivity contribution is 5.64. The van der Waals surface area contributed by atoms with E-state index < -0.39 is 0 Å². The van der Waals surface area contributed by atoms with Crippen molar-refractivity contribution < 1.29 is 0 Å². The van der Waals surface area contributed by atoms with Gasteiger partial charge in [-0.15, -0.1) is 0 Å². The van der Waals surface area contributed by atoms with Gasteiger partial charge in [0.15, 0.2) is 0 Å². The van der Waals surface area contributed by atoms with Crippen molar-refractivity contribution >= 4 is 11.8 Å². The molecule has 0 saturated carbocycles. The van der Waals surface area contributed by atoms with Crippen molar-refractivity contribution in [1.29, 1.82) is 0 Å². The molecule has 0 aliphatic carbocycles. The normalized spacial score (nSPS) is 10.7. The van der Waals surface area contributed by atoms with Crippen LogP contribution in [0.5, 0.6) is 0 Å². The van der Waals surface area contributed by atoms with Crippen LogP contribution in [0, 0.1) is 0 Å². The molecule has 0 unspecified atom stereocenters. The van der Waals surface area contributed by atoms with Gasteiger partial charge in [-0.2, -0.15) is 4.98 Å². The summed E-state index contributed by atoms with van der Waals surface area (Å²) < 4.78 is 0. The zero-order chi connectivity index (χ0) is 19.8. The second kappa shape index (κ2) is 9.83. The van der Waals surface area contributed by atoms with Gasteiger partial charge in [-0.25, -0.2) is 4.98 Å². The zero-order valence-electron chi connectivity index (χ0n) is 17.0. The van der Waals surface area contributed by atoms with E-state index in [0.717, 1.165) is 49.0 Å². The molecule has 0 atom stereocenters. The molecule has 0 bridgehead atoms. The second-order valence-electron chi connectivity index (χ2n) is 7.08. The number of pyridine rings is 1. The number of aromatic nitrogens is 3. The Morgan fingerprint density at radius 1 is 0.857 bits per heavy atom. The van der Waals surface area contributed by atoms with E-state index in [0.29, 0.717) is 0 Å². The van der Waals surface area contributed by atoms with Crippen LogP contribution < -0.4 is 9.80 Å². The number of hydrogen-bond donors (Lipinski definition) is 0. The summed E-state index contributed by atoms with van der Waals surface area (Å²) in [5.41, 5.74) is 3.33. The minimum atomic E-state index is 0.758. The Kier molecular flexibility index (Phi) is 6.95. The molecule has 5 nitrogen and oxygen atoms in total. The summed E-state index contributed by atoms with van der Waals surface area (Å²) in [6.45, 7) is 4.05. The van der Waals surface area contributed by atoms with E-state index in [4.69, 9.17) is 9.97 Å². The van der Waals surface area contributed by atoms with Crippen LogP contribution in [0.4, 0.5) is 11.8 Å². The van der Waals surface area contributed by atoms with Crippen molar-refractivity contribution in [2.75, 3.05) is 37.0 Å². The average molecular weight is 376 g/mol. The highest BCUT2D eigenvalue weighted by Crippen LogP contribution is 2.24. The van der Waals surface area contributed by atoms with Crippen molar-refractivity contribution in [3.8, 4) is 11.3 Å². The molecule has 0 aliphatic rings. The van der Waals surface area contributed by atoms with Crippen LogP contribution in [0.15, 0.2) is 60.9 Å². The van der Waals surface area contributed by atoms with Crippen LogP contribution in [0.1, 0.15) is 25.3 Å². The summed E-state index contributed by atoms with van der Waals surface area (Å²) in [6, 6.07) is 16.5. The Labute approximate surface area is 168 Å². The minimum Gasteiger partial charge on any atom is -0.359 e. The van der Waals surface area contributed by atoms with E-state index in [9.17, 15) is 0 Å². The molecule has 0 fully saturated rings. The molecule has 3 aromatic rings. The minimum absolute atomic E-state index is 0.758. The molecule has 146 valence electrons. The Balaban J connectivity index is 1.85. The van der Waals surface area contributed by atoms with Crippen molar-refractivity contribution in [1.82, 2.24) is 15.0 Å². The first-order chi connectivity index (χ1) is 13.7. The molecule has 5 heteroatoms. The number of benzene rings is 1. The third kappa shape index (κ3) is 5.28. The Morgan fingerprint density at radius 3 is 2.32 bits per heavy atom. The largest absolute Gasteiger partial charge is 0.359 e. The van der Waals surface area contributed by atoms with Gasteiger partial charge in [0.25, 0.3) is 0 Å². The van der Waals surface area contributed by atoms with Gasteiger partial charge in [-0.05, 0) is 30.5 Å². The maximum Gasteiger partial charge on any atom is 0.227 e. The third-order valence-electron chi connectivity index (χ3n) is 4.84. The van der Waals surface area contributed by atoms with E-state index in [1.165, 1.54) is 12.0 Å². The summed E-state index contributed by atoms with van der Waals surface area (Å²) >= 11 is 0. The summed E-state index contributed by atoms with van der Waals surface area (Å²) in [7, 11) is 4.16. The van der Waals surface area contributed by atoms with Gasteiger partial charge in [0, 0.05) is 51.2 Å². The quantitative estimate of drug-likeness (QED) is 0.553. The molecule has 0 aliphatic heterocycles. The fourth-order valence-corrected chi connectivity index (χ4v) is 3.00. The van der Waals surface area contributed by atoms with Crippen molar-refractivity contribution in [2.45, 2.75) is 26.2 Å². The Bertz CT molecular complexity index is 851. The van der Waals surface area contributed by atoms with Crippen LogP contribution in [0.2, 0.25) is 0 Å². The number of hydrogen-bond acceptors (Lipinski definition) is 5. The molecule has 0 N–H and O–H groups in total. The summed E-state index contributed by atoms with van der Waals surface area (Å²) in [5.74, 6) is 1.72. The van der Waals surface area contributed by atoms with Crippen molar-refractivity contribution in [3.05, 3.63) is 66.5 Å². The molecule has 3 rings (SSSR count). The SMILES string of the molecule is CCCCN(C)c1cc(-c2ccccc2)nc(N(C)CCc2ccncc2)n1. The van der Waals surface area contributed by atoms with Gasteiger partial charge in [0.05, 0.1) is 5.69 Å². The van der Waals surface area contributed by atoms with E-state index in [1.807, 2.05) is 30.6 Å². The number of likely N-dealkylation sites (N-methyl/N-ethyl adjacent to an activating group) is 1. The molecular weight excluding hydrogens is 346 g/mol. The Hall–Kier alpha value is -2.95. The average Bonchev–Trinajstić information content (AvgIpc) is 2.76. The number of rotatable bonds is 9. The van der Waals surface area contributed by atoms with Gasteiger partial charge >= 0.3 is 0 Å². The van der Waals surface area contributed by atoms with Crippen LogP contribution in [-0.2, 0) is 6.42 Å². The Morgan fingerprint density at radius 2 is 1.61 bits per heavy atom. The standard InChI is InChI=1S/C23H29N5/c1-4-5-16-27(2)22-18-21(20-9-7-6-8-10-20)25-23(26-22)28(3)17-13-19-11-14-24-15-12-19/h6-12,14-15,18H,4-5,13,16-17H2,1-3H3. The lowest BCUT2D eigenvalue weighted by Gasteiger charge is -2.23. The number of nitrogens with zero attached hydrogens (tertiary/aromatic N) is 5. The molecule has 0 spiro atoms. The first kappa shape index (κ1) is 19.8. The van der Waals surface area contributed by atoms with Gasteiger partial charge in [0.2, 0.25) is 5.95 Å². The van der Waals surface area contributed by atoms with Crippen LogP contribution in [0.25, 0.3) is 11.3 Å². The lowest BCUT2D eigenvalue weighted by Crippen LogP contribution is -2.25. The highest BCUT2D eigenvalue weighted by Gasteiger charge is 2.13. The summed E-state index contributed by atoms with van der Waals surface area (Å²) in [4.78, 5) is 18.1. The maximum atomic E-state index is 4.85. The molecule has 2 aromatic heterocycles. The molecular formula is C23H29N5. The molecule has 0 radical (unpaired) electrons. The van der Waals surface area contributed by atoms with E-state index >= 15 is 0 Å². The lowest BCUT2D eigenvalue weighted by atomic mass is 10.1. The molecule has 1 aromatic carbocycles. The topological polar surface area (TPSA) is 45.2 Å². The monoisotopic (exact) mass is 375 g/mol. The lowest BCUT2D eigenvalue weighted by molar-refractivity contribution is 0.755. The predicted octanol–water partition coefficient (Wildman–Crippen LogP) is 4.45.